The van der Waals surface area contributed by atoms with Gasteiger partial charge in [0.15, 0.2) is 0 Å². The number of aromatic carboxylic acids is 1. The molecule has 3 rings (SSSR count). The molecule has 0 aliphatic carbocycles. The Hall–Kier alpha value is -3.48. The van der Waals surface area contributed by atoms with E-state index in [2.05, 4.69) is 13.8 Å². The highest BCUT2D eigenvalue weighted by molar-refractivity contribution is 5.96. The summed E-state index contributed by atoms with van der Waals surface area (Å²) >= 11 is 0. The predicted octanol–water partition coefficient (Wildman–Crippen LogP) is 5.95. The predicted molar refractivity (Wildman–Crippen MR) is 135 cm³/mol. The Morgan fingerprint density at radius 3 is 2.31 bits per heavy atom. The molecule has 0 unspecified atom stereocenters. The summed E-state index contributed by atoms with van der Waals surface area (Å²) in [6, 6.07) is 14.1. The Labute approximate surface area is 205 Å². The molecule has 0 atom stereocenters. The summed E-state index contributed by atoms with van der Waals surface area (Å²) in [4.78, 5) is 37.7. The lowest BCUT2D eigenvalue weighted by molar-refractivity contribution is 0.0697. The molecule has 0 spiro atoms. The number of unbranched alkanes of at least 4 members (excludes halogenated alkanes) is 1. The van der Waals surface area contributed by atoms with Gasteiger partial charge in [-0.05, 0) is 47.9 Å². The molecular weight excluding hydrogens is 447 g/mol. The van der Waals surface area contributed by atoms with Crippen LogP contribution in [0, 0.1) is 5.92 Å². The van der Waals surface area contributed by atoms with Crippen LogP contribution in [-0.2, 0) is 19.6 Å². The number of imidazole rings is 1. The maximum Gasteiger partial charge on any atom is 0.336 e. The molecule has 2 aromatic carbocycles. The zero-order valence-corrected chi connectivity index (χ0v) is 20.6. The molecule has 0 radical (unpaired) electrons. The van der Waals surface area contributed by atoms with E-state index in [0.717, 1.165) is 28.5 Å². The minimum Gasteiger partial charge on any atom is -0.478 e. The summed E-state index contributed by atoms with van der Waals surface area (Å²) in [5.41, 5.74) is 2.59. The zero-order chi connectivity index (χ0) is 25.5. The van der Waals surface area contributed by atoms with E-state index in [0.29, 0.717) is 30.0 Å². The highest BCUT2D eigenvalue weighted by atomic mass is 19.1. The quantitative estimate of drug-likeness (QED) is 0.368. The number of hydrogen-bond acceptors (Lipinski definition) is 3. The van der Waals surface area contributed by atoms with Gasteiger partial charge in [0.2, 0.25) is 5.91 Å². The van der Waals surface area contributed by atoms with E-state index in [4.69, 9.17) is 0 Å². The van der Waals surface area contributed by atoms with E-state index >= 15 is 0 Å². The van der Waals surface area contributed by atoms with Gasteiger partial charge in [-0.15, -0.1) is 0 Å². The van der Waals surface area contributed by atoms with Gasteiger partial charge < -0.3 is 5.11 Å². The van der Waals surface area contributed by atoms with Gasteiger partial charge in [-0.1, -0.05) is 69.7 Å². The summed E-state index contributed by atoms with van der Waals surface area (Å²) in [7, 11) is 0. The highest BCUT2D eigenvalue weighted by Crippen LogP contribution is 2.25. The van der Waals surface area contributed by atoms with E-state index in [-0.39, 0.29) is 30.1 Å². The van der Waals surface area contributed by atoms with Crippen LogP contribution in [0.1, 0.15) is 78.6 Å². The van der Waals surface area contributed by atoms with Crippen LogP contribution in [0.5, 0.6) is 0 Å². The summed E-state index contributed by atoms with van der Waals surface area (Å²) in [5, 5.41) is 9.48. The maximum absolute atomic E-state index is 14.2. The van der Waals surface area contributed by atoms with Gasteiger partial charge in [0.05, 0.1) is 17.8 Å². The lowest BCUT2D eigenvalue weighted by Crippen LogP contribution is -2.30. The molecule has 186 valence electrons. The Morgan fingerprint density at radius 1 is 1.03 bits per heavy atom. The van der Waals surface area contributed by atoms with Crippen LogP contribution in [-0.4, -0.2) is 26.1 Å². The van der Waals surface area contributed by atoms with Crippen molar-refractivity contribution in [1.82, 2.24) is 9.13 Å². The van der Waals surface area contributed by atoms with Crippen molar-refractivity contribution >= 4 is 11.9 Å². The molecule has 3 aromatic rings. The average molecular weight is 481 g/mol. The molecule has 7 heteroatoms. The van der Waals surface area contributed by atoms with Crippen LogP contribution in [0.2, 0.25) is 0 Å². The highest BCUT2D eigenvalue weighted by Gasteiger charge is 2.24. The number of aromatic nitrogens is 2. The second kappa shape index (κ2) is 11.8. The molecule has 1 heterocycles. The number of halogens is 1. The SMILES string of the molecule is CCCCC(=O)n1c(CF)c(CCC(C)C)n(Cc2ccc(-c3ccccc3C(=O)O)cc2)c1=O. The van der Waals surface area contributed by atoms with Crippen molar-refractivity contribution in [2.75, 3.05) is 0 Å². The third kappa shape index (κ3) is 5.96. The number of nitrogens with zero attached hydrogens (tertiary/aromatic N) is 2. The number of carboxylic acid groups (broad SMARTS) is 1. The summed E-state index contributed by atoms with van der Waals surface area (Å²) in [6.45, 7) is 5.42. The molecule has 1 N–H and O–H groups in total. The largest absolute Gasteiger partial charge is 0.478 e. The molecule has 35 heavy (non-hydrogen) atoms. The minimum absolute atomic E-state index is 0.156. The molecule has 0 bridgehead atoms. The average Bonchev–Trinajstić information content (AvgIpc) is 3.12. The Balaban J connectivity index is 2.00. The lowest BCUT2D eigenvalue weighted by Gasteiger charge is -2.11. The number of rotatable bonds is 11. The van der Waals surface area contributed by atoms with E-state index in [1.54, 1.807) is 24.3 Å². The molecule has 0 saturated carbocycles. The van der Waals surface area contributed by atoms with E-state index in [9.17, 15) is 23.9 Å². The van der Waals surface area contributed by atoms with Crippen LogP contribution >= 0.6 is 0 Å². The fourth-order valence-electron chi connectivity index (χ4n) is 4.23. The second-order valence-electron chi connectivity index (χ2n) is 9.21. The van der Waals surface area contributed by atoms with Gasteiger partial charge in [0.1, 0.15) is 6.67 Å². The van der Waals surface area contributed by atoms with Gasteiger partial charge in [0, 0.05) is 12.1 Å². The fraction of sp³-hybridized carbons (Fsp3) is 0.393. The first-order valence-electron chi connectivity index (χ1n) is 12.1. The summed E-state index contributed by atoms with van der Waals surface area (Å²) < 4.78 is 16.7. The van der Waals surface area contributed by atoms with Gasteiger partial charge in [0.25, 0.3) is 0 Å². The zero-order valence-electron chi connectivity index (χ0n) is 20.6. The molecule has 0 aliphatic heterocycles. The smallest absolute Gasteiger partial charge is 0.336 e. The van der Waals surface area contributed by atoms with Gasteiger partial charge >= 0.3 is 11.7 Å². The number of alkyl halides is 1. The summed E-state index contributed by atoms with van der Waals surface area (Å²) in [6.07, 6.45) is 2.93. The molecule has 0 amide bonds. The Kier molecular flexibility index (Phi) is 8.79. The van der Waals surface area contributed by atoms with Crippen molar-refractivity contribution < 1.29 is 19.1 Å². The van der Waals surface area contributed by atoms with Crippen LogP contribution < -0.4 is 5.69 Å². The van der Waals surface area contributed by atoms with Crippen molar-refractivity contribution in [3.8, 4) is 11.1 Å². The topological polar surface area (TPSA) is 81.3 Å². The van der Waals surface area contributed by atoms with Crippen LogP contribution in [0.15, 0.2) is 53.3 Å². The molecule has 0 saturated heterocycles. The third-order valence-electron chi connectivity index (χ3n) is 6.19. The second-order valence-corrected chi connectivity index (χ2v) is 9.21. The van der Waals surface area contributed by atoms with Crippen LogP contribution in [0.4, 0.5) is 4.39 Å². The summed E-state index contributed by atoms with van der Waals surface area (Å²) in [5.74, 6) is -1.01. The van der Waals surface area contributed by atoms with Gasteiger partial charge in [-0.25, -0.2) is 18.5 Å². The normalized spacial score (nSPS) is 11.2. The lowest BCUT2D eigenvalue weighted by atomic mass is 9.98. The number of hydrogen-bond donors (Lipinski definition) is 1. The number of benzene rings is 2. The number of carboxylic acids is 1. The standard InChI is InChI=1S/C28H33FN2O4/c1-4-5-10-26(32)31-25(17-29)24(16-11-19(2)3)30(28(31)35)18-20-12-14-21(15-13-20)22-8-6-7-9-23(22)27(33)34/h6-9,12-15,19H,4-5,10-11,16-18H2,1-3H3,(H,33,34). The van der Waals surface area contributed by atoms with Crippen molar-refractivity contribution in [3.05, 3.63) is 81.5 Å². The minimum atomic E-state index is -1.00. The van der Waals surface area contributed by atoms with E-state index in [1.807, 2.05) is 31.2 Å². The van der Waals surface area contributed by atoms with Crippen molar-refractivity contribution in [3.63, 3.8) is 0 Å². The molecule has 0 aliphatic rings. The molecule has 0 fully saturated rings. The number of carbonyl (C=O) groups is 2. The number of carbonyl (C=O) groups excluding carboxylic acids is 1. The first-order chi connectivity index (χ1) is 16.8. The molecule has 1 aromatic heterocycles. The fourth-order valence-corrected chi connectivity index (χ4v) is 4.23. The first-order valence-corrected chi connectivity index (χ1v) is 12.1. The first kappa shape index (κ1) is 26.1. The van der Waals surface area contributed by atoms with Crippen LogP contribution in [0.3, 0.4) is 0 Å². The maximum atomic E-state index is 14.2. The van der Waals surface area contributed by atoms with Crippen molar-refractivity contribution in [2.24, 2.45) is 5.92 Å². The Morgan fingerprint density at radius 2 is 1.71 bits per heavy atom. The molecular formula is C28H33FN2O4. The van der Waals surface area contributed by atoms with Crippen molar-refractivity contribution in [1.29, 1.82) is 0 Å². The van der Waals surface area contributed by atoms with Crippen LogP contribution in [0.25, 0.3) is 11.1 Å². The van der Waals surface area contributed by atoms with Gasteiger partial charge in [-0.3, -0.25) is 9.36 Å². The monoisotopic (exact) mass is 480 g/mol. The molecule has 6 nitrogen and oxygen atoms in total. The Bertz CT molecular complexity index is 1240. The van der Waals surface area contributed by atoms with E-state index in [1.165, 1.54) is 4.57 Å². The third-order valence-corrected chi connectivity index (χ3v) is 6.19. The van der Waals surface area contributed by atoms with Gasteiger partial charge in [-0.2, -0.15) is 0 Å². The van der Waals surface area contributed by atoms with Crippen molar-refractivity contribution in [2.45, 2.75) is 66.1 Å². The van der Waals surface area contributed by atoms with E-state index < -0.39 is 18.3 Å².